The predicted octanol–water partition coefficient (Wildman–Crippen LogP) is 5.25. The van der Waals surface area contributed by atoms with Crippen molar-refractivity contribution in [3.05, 3.63) is 53.8 Å². The first kappa shape index (κ1) is 20.0. The molecule has 1 N–H and O–H groups in total. The molecule has 1 aliphatic heterocycles. The summed E-state index contributed by atoms with van der Waals surface area (Å²) in [6.45, 7) is 2.03. The minimum absolute atomic E-state index is 0.141. The van der Waals surface area contributed by atoms with E-state index in [0.717, 1.165) is 26.5 Å². The Kier molecular flexibility index (Phi) is 5.39. The normalized spacial score (nSPS) is 13.4. The van der Waals surface area contributed by atoms with E-state index in [1.165, 1.54) is 29.6 Å². The molecular formula is C21H15ClN4O3S2. The lowest BCUT2D eigenvalue weighted by Gasteiger charge is -2.12. The second kappa shape index (κ2) is 8.33. The predicted molar refractivity (Wildman–Crippen MR) is 122 cm³/mol. The third kappa shape index (κ3) is 4.04. The number of benzene rings is 2. The van der Waals surface area contributed by atoms with Crippen LogP contribution in [0.5, 0.6) is 11.5 Å². The Morgan fingerprint density at radius 3 is 2.81 bits per heavy atom. The molecule has 1 atom stereocenters. The van der Waals surface area contributed by atoms with Crippen molar-refractivity contribution in [3.8, 4) is 22.8 Å². The van der Waals surface area contributed by atoms with E-state index in [1.54, 1.807) is 18.2 Å². The van der Waals surface area contributed by atoms with Gasteiger partial charge >= 0.3 is 0 Å². The fraction of sp³-hybridized carbons (Fsp3) is 0.143. The summed E-state index contributed by atoms with van der Waals surface area (Å²) in [5, 5.41) is 3.91. The van der Waals surface area contributed by atoms with Gasteiger partial charge < -0.3 is 14.8 Å². The second-order valence-corrected chi connectivity index (χ2v) is 9.25. The first-order valence-electron chi connectivity index (χ1n) is 9.32. The maximum atomic E-state index is 12.7. The van der Waals surface area contributed by atoms with Crippen molar-refractivity contribution in [3.63, 3.8) is 0 Å². The number of nitrogens with one attached hydrogen (secondary N) is 1. The molecule has 1 aliphatic rings. The zero-order valence-electron chi connectivity index (χ0n) is 16.2. The van der Waals surface area contributed by atoms with Crippen molar-refractivity contribution in [1.82, 2.24) is 14.3 Å². The van der Waals surface area contributed by atoms with E-state index in [0.29, 0.717) is 22.2 Å². The van der Waals surface area contributed by atoms with Gasteiger partial charge in [-0.25, -0.2) is 9.97 Å². The molecule has 7 nitrogen and oxygen atoms in total. The van der Waals surface area contributed by atoms with E-state index in [9.17, 15) is 4.79 Å². The zero-order chi connectivity index (χ0) is 21.4. The van der Waals surface area contributed by atoms with Gasteiger partial charge in [-0.2, -0.15) is 4.37 Å². The molecule has 0 aliphatic carbocycles. The highest BCUT2D eigenvalue weighted by Crippen LogP contribution is 2.37. The standard InChI is InChI=1S/C21H15ClN4O3S2/c1-11(20(27)25-14-6-7-15-16(8-14)29-10-28-15)30-21-19-18(23-9-24-21)17(26-31-19)12-2-4-13(22)5-3-12/h2-9,11H,10H2,1H3,(H,25,27)/t11-/m0/s1. The van der Waals surface area contributed by atoms with Gasteiger partial charge in [-0.15, -0.1) is 0 Å². The molecule has 2 aromatic carbocycles. The van der Waals surface area contributed by atoms with Crippen LogP contribution < -0.4 is 14.8 Å². The number of rotatable bonds is 5. The average molecular weight is 471 g/mol. The van der Waals surface area contributed by atoms with Crippen molar-refractivity contribution in [2.45, 2.75) is 17.2 Å². The van der Waals surface area contributed by atoms with Gasteiger partial charge in [0.05, 0.1) is 5.25 Å². The molecule has 0 spiro atoms. The van der Waals surface area contributed by atoms with Gasteiger partial charge in [-0.05, 0) is 42.7 Å². The molecule has 0 bridgehead atoms. The monoisotopic (exact) mass is 470 g/mol. The highest BCUT2D eigenvalue weighted by molar-refractivity contribution is 8.00. The van der Waals surface area contributed by atoms with E-state index in [1.807, 2.05) is 31.2 Å². The molecule has 10 heteroatoms. The van der Waals surface area contributed by atoms with Gasteiger partial charge in [0.15, 0.2) is 11.5 Å². The van der Waals surface area contributed by atoms with E-state index >= 15 is 0 Å². The average Bonchev–Trinajstić information content (AvgIpc) is 3.41. The summed E-state index contributed by atoms with van der Waals surface area (Å²) in [5.41, 5.74) is 3.11. The smallest absolute Gasteiger partial charge is 0.237 e. The molecular weight excluding hydrogens is 456 g/mol. The zero-order valence-corrected chi connectivity index (χ0v) is 18.6. The van der Waals surface area contributed by atoms with Crippen LogP contribution in [0.3, 0.4) is 0 Å². The van der Waals surface area contributed by atoms with Crippen LogP contribution in [0.25, 0.3) is 21.5 Å². The lowest BCUT2D eigenvalue weighted by atomic mass is 10.1. The van der Waals surface area contributed by atoms with Gasteiger partial charge in [0.1, 0.15) is 27.3 Å². The number of carbonyl (C=O) groups is 1. The van der Waals surface area contributed by atoms with Crippen LogP contribution >= 0.6 is 34.9 Å². The minimum Gasteiger partial charge on any atom is -0.454 e. The van der Waals surface area contributed by atoms with Crippen LogP contribution in [0, 0.1) is 0 Å². The molecule has 1 amide bonds. The lowest BCUT2D eigenvalue weighted by Crippen LogP contribution is -2.22. The molecule has 0 saturated carbocycles. The molecule has 156 valence electrons. The summed E-state index contributed by atoms with van der Waals surface area (Å²) in [4.78, 5) is 21.5. The molecule has 31 heavy (non-hydrogen) atoms. The van der Waals surface area contributed by atoms with Crippen LogP contribution in [-0.2, 0) is 4.79 Å². The Balaban J connectivity index is 1.35. The van der Waals surface area contributed by atoms with Crippen molar-refractivity contribution in [1.29, 1.82) is 0 Å². The van der Waals surface area contributed by atoms with E-state index in [2.05, 4.69) is 19.7 Å². The minimum atomic E-state index is -0.385. The third-order valence-corrected chi connectivity index (χ3v) is 6.96. The number of amides is 1. The van der Waals surface area contributed by atoms with E-state index in [-0.39, 0.29) is 18.0 Å². The number of anilines is 1. The maximum absolute atomic E-state index is 12.7. The number of carbonyl (C=O) groups excluding carboxylic acids is 1. The summed E-state index contributed by atoms with van der Waals surface area (Å²) in [7, 11) is 0. The fourth-order valence-electron chi connectivity index (χ4n) is 3.06. The number of thioether (sulfide) groups is 1. The topological polar surface area (TPSA) is 86.2 Å². The Labute approximate surface area is 190 Å². The Bertz CT molecular complexity index is 1280. The summed E-state index contributed by atoms with van der Waals surface area (Å²) in [6.07, 6.45) is 1.50. The third-order valence-electron chi connectivity index (χ3n) is 4.64. The Morgan fingerprint density at radius 2 is 1.97 bits per heavy atom. The van der Waals surface area contributed by atoms with Crippen LogP contribution in [0.15, 0.2) is 53.8 Å². The summed E-state index contributed by atoms with van der Waals surface area (Å²) >= 11 is 8.68. The number of nitrogens with zero attached hydrogens (tertiary/aromatic N) is 3. The number of ether oxygens (including phenoxy) is 2. The number of aromatic nitrogens is 3. The van der Waals surface area contributed by atoms with Gasteiger partial charge in [-0.3, -0.25) is 4.79 Å². The second-order valence-electron chi connectivity index (χ2n) is 6.71. The first-order chi connectivity index (χ1) is 15.1. The quantitative estimate of drug-likeness (QED) is 0.314. The molecule has 2 aromatic heterocycles. The van der Waals surface area contributed by atoms with E-state index < -0.39 is 0 Å². The summed E-state index contributed by atoms with van der Waals surface area (Å²) < 4.78 is 16.1. The fourth-order valence-corrected chi connectivity index (χ4v) is 5.00. The number of halogens is 1. The number of hydrogen-bond acceptors (Lipinski definition) is 8. The Hall–Kier alpha value is -2.88. The molecule has 0 radical (unpaired) electrons. The van der Waals surface area contributed by atoms with Crippen molar-refractivity contribution in [2.75, 3.05) is 12.1 Å². The van der Waals surface area contributed by atoms with Crippen LogP contribution in [0.2, 0.25) is 5.02 Å². The largest absolute Gasteiger partial charge is 0.454 e. The highest BCUT2D eigenvalue weighted by Gasteiger charge is 2.21. The van der Waals surface area contributed by atoms with Gasteiger partial charge in [0, 0.05) is 22.3 Å². The van der Waals surface area contributed by atoms with Crippen LogP contribution in [0.4, 0.5) is 5.69 Å². The molecule has 0 saturated heterocycles. The Morgan fingerprint density at radius 1 is 1.16 bits per heavy atom. The number of fused-ring (bicyclic) bond motifs is 2. The van der Waals surface area contributed by atoms with Gasteiger partial charge in [0.2, 0.25) is 12.7 Å². The van der Waals surface area contributed by atoms with Crippen molar-refractivity contribution >= 4 is 56.7 Å². The SMILES string of the molecule is C[C@H](Sc1ncnc2c(-c3ccc(Cl)cc3)nsc12)C(=O)Nc1ccc2c(c1)OCO2. The number of hydrogen-bond donors (Lipinski definition) is 1. The van der Waals surface area contributed by atoms with Gasteiger partial charge in [-0.1, -0.05) is 35.5 Å². The van der Waals surface area contributed by atoms with Crippen LogP contribution in [-0.4, -0.2) is 32.3 Å². The molecule has 3 heterocycles. The van der Waals surface area contributed by atoms with Crippen LogP contribution in [0.1, 0.15) is 6.92 Å². The van der Waals surface area contributed by atoms with Crippen molar-refractivity contribution < 1.29 is 14.3 Å². The maximum Gasteiger partial charge on any atom is 0.237 e. The lowest BCUT2D eigenvalue weighted by molar-refractivity contribution is -0.115. The highest BCUT2D eigenvalue weighted by atomic mass is 35.5. The molecule has 0 unspecified atom stereocenters. The van der Waals surface area contributed by atoms with E-state index in [4.69, 9.17) is 21.1 Å². The first-order valence-corrected chi connectivity index (χ1v) is 11.3. The molecule has 5 rings (SSSR count). The van der Waals surface area contributed by atoms with Gasteiger partial charge in [0.25, 0.3) is 0 Å². The van der Waals surface area contributed by atoms with Crippen molar-refractivity contribution in [2.24, 2.45) is 0 Å². The summed E-state index contributed by atoms with van der Waals surface area (Å²) in [6, 6.07) is 12.8. The summed E-state index contributed by atoms with van der Waals surface area (Å²) in [5.74, 6) is 1.15. The molecule has 0 fully saturated rings. The molecule has 4 aromatic rings.